The number of hydrogen-bond acceptors (Lipinski definition) is 3. The van der Waals surface area contributed by atoms with Gasteiger partial charge in [0.15, 0.2) is 0 Å². The molecule has 0 aliphatic heterocycles. The van der Waals surface area contributed by atoms with Gasteiger partial charge < -0.3 is 5.32 Å². The SMILES string of the molecule is CCCCN(CCCC)S(=O)(=O)c1ccc(NC(=O)c2ccccc2I)cc1. The molecule has 0 bridgehead atoms. The number of carbonyl (C=O) groups excluding carboxylic acids is 1. The first-order chi connectivity index (χ1) is 13.4. The lowest BCUT2D eigenvalue weighted by Crippen LogP contribution is -2.33. The first-order valence-corrected chi connectivity index (χ1v) is 12.1. The molecule has 0 radical (unpaired) electrons. The topological polar surface area (TPSA) is 66.5 Å². The predicted molar refractivity (Wildman–Crippen MR) is 122 cm³/mol. The largest absolute Gasteiger partial charge is 0.322 e. The summed E-state index contributed by atoms with van der Waals surface area (Å²) in [7, 11) is -3.53. The summed E-state index contributed by atoms with van der Waals surface area (Å²) < 4.78 is 28.4. The normalized spacial score (nSPS) is 11.6. The van der Waals surface area contributed by atoms with Crippen molar-refractivity contribution in [1.82, 2.24) is 4.31 Å². The first kappa shape index (κ1) is 22.8. The highest BCUT2D eigenvalue weighted by molar-refractivity contribution is 14.1. The van der Waals surface area contributed by atoms with Gasteiger partial charge in [-0.15, -0.1) is 0 Å². The van der Waals surface area contributed by atoms with E-state index in [0.29, 0.717) is 24.3 Å². The molecule has 0 aliphatic carbocycles. The van der Waals surface area contributed by atoms with Gasteiger partial charge in [-0.1, -0.05) is 38.8 Å². The van der Waals surface area contributed by atoms with Crippen molar-refractivity contribution in [2.45, 2.75) is 44.4 Å². The van der Waals surface area contributed by atoms with E-state index in [4.69, 9.17) is 0 Å². The van der Waals surface area contributed by atoms with Crippen LogP contribution in [-0.2, 0) is 10.0 Å². The maximum Gasteiger partial charge on any atom is 0.256 e. The molecule has 0 unspecified atom stereocenters. The van der Waals surface area contributed by atoms with Gasteiger partial charge in [0.05, 0.1) is 10.5 Å². The number of rotatable bonds is 10. The fourth-order valence-electron chi connectivity index (χ4n) is 2.72. The zero-order chi connectivity index (χ0) is 20.6. The third-order valence-electron chi connectivity index (χ3n) is 4.39. The Bertz CT molecular complexity index is 875. The Hall–Kier alpha value is -1.45. The maximum atomic E-state index is 13.0. The van der Waals surface area contributed by atoms with Crippen molar-refractivity contribution in [2.24, 2.45) is 0 Å². The van der Waals surface area contributed by atoms with Gasteiger partial charge in [0, 0.05) is 22.3 Å². The van der Waals surface area contributed by atoms with Crippen LogP contribution in [0.2, 0.25) is 0 Å². The van der Waals surface area contributed by atoms with Gasteiger partial charge in [0.1, 0.15) is 0 Å². The minimum absolute atomic E-state index is 0.215. The van der Waals surface area contributed by atoms with Crippen molar-refractivity contribution < 1.29 is 13.2 Å². The van der Waals surface area contributed by atoms with Crippen LogP contribution in [-0.4, -0.2) is 31.7 Å². The Morgan fingerprint density at radius 2 is 1.54 bits per heavy atom. The zero-order valence-electron chi connectivity index (χ0n) is 16.3. The minimum atomic E-state index is -3.53. The van der Waals surface area contributed by atoms with E-state index < -0.39 is 10.0 Å². The van der Waals surface area contributed by atoms with E-state index in [1.165, 1.54) is 0 Å². The van der Waals surface area contributed by atoms with Crippen molar-refractivity contribution in [3.63, 3.8) is 0 Å². The Labute approximate surface area is 181 Å². The summed E-state index contributed by atoms with van der Waals surface area (Å²) in [5, 5.41) is 2.82. The van der Waals surface area contributed by atoms with E-state index in [-0.39, 0.29) is 10.8 Å². The zero-order valence-corrected chi connectivity index (χ0v) is 19.3. The van der Waals surface area contributed by atoms with Gasteiger partial charge in [-0.05, 0) is 71.8 Å². The summed E-state index contributed by atoms with van der Waals surface area (Å²) in [5.74, 6) is -0.215. The van der Waals surface area contributed by atoms with Crippen LogP contribution >= 0.6 is 22.6 Å². The lowest BCUT2D eigenvalue weighted by atomic mass is 10.2. The number of unbranched alkanes of at least 4 members (excludes halogenated alkanes) is 2. The molecule has 0 saturated heterocycles. The number of sulfonamides is 1. The minimum Gasteiger partial charge on any atom is -0.322 e. The van der Waals surface area contributed by atoms with Gasteiger partial charge in [-0.3, -0.25) is 4.79 Å². The number of amides is 1. The second-order valence-electron chi connectivity index (χ2n) is 6.57. The summed E-state index contributed by atoms with van der Waals surface area (Å²) in [6.07, 6.45) is 3.57. The van der Waals surface area contributed by atoms with Crippen molar-refractivity contribution >= 4 is 44.2 Å². The number of nitrogens with one attached hydrogen (secondary N) is 1. The van der Waals surface area contributed by atoms with Crippen LogP contribution in [0.25, 0.3) is 0 Å². The highest BCUT2D eigenvalue weighted by Crippen LogP contribution is 2.21. The van der Waals surface area contributed by atoms with E-state index >= 15 is 0 Å². The van der Waals surface area contributed by atoms with Gasteiger partial charge in [0.25, 0.3) is 5.91 Å². The van der Waals surface area contributed by atoms with Gasteiger partial charge in [-0.2, -0.15) is 4.31 Å². The summed E-state index contributed by atoms with van der Waals surface area (Å²) >= 11 is 2.12. The molecule has 7 heteroatoms. The molecule has 2 aromatic carbocycles. The standard InChI is InChI=1S/C21H27IN2O3S/c1-3-5-15-24(16-6-4-2)28(26,27)18-13-11-17(12-14-18)23-21(25)19-9-7-8-10-20(19)22/h7-14H,3-6,15-16H2,1-2H3,(H,23,25). The van der Waals surface area contributed by atoms with Crippen LogP contribution in [0.4, 0.5) is 5.69 Å². The predicted octanol–water partition coefficient (Wildman–Crippen LogP) is 5.13. The van der Waals surface area contributed by atoms with Gasteiger partial charge in [0.2, 0.25) is 10.0 Å². The Morgan fingerprint density at radius 1 is 0.964 bits per heavy atom. The smallest absolute Gasteiger partial charge is 0.256 e. The Balaban J connectivity index is 2.15. The van der Waals surface area contributed by atoms with E-state index in [9.17, 15) is 13.2 Å². The number of benzene rings is 2. The lowest BCUT2D eigenvalue weighted by Gasteiger charge is -2.22. The molecule has 2 aromatic rings. The molecule has 0 heterocycles. The third kappa shape index (κ3) is 6.02. The summed E-state index contributed by atoms with van der Waals surface area (Å²) in [4.78, 5) is 12.7. The molecule has 0 spiro atoms. The summed E-state index contributed by atoms with van der Waals surface area (Å²) in [6.45, 7) is 5.17. The molecule has 0 fully saturated rings. The van der Waals surface area contributed by atoms with Gasteiger partial charge in [-0.25, -0.2) is 8.42 Å². The monoisotopic (exact) mass is 514 g/mol. The number of nitrogens with zero attached hydrogens (tertiary/aromatic N) is 1. The second-order valence-corrected chi connectivity index (χ2v) is 9.67. The molecular formula is C21H27IN2O3S. The molecule has 0 saturated carbocycles. The molecule has 0 aliphatic rings. The highest BCUT2D eigenvalue weighted by atomic mass is 127. The number of carbonyl (C=O) groups is 1. The molecule has 1 N–H and O–H groups in total. The summed E-state index contributed by atoms with van der Waals surface area (Å²) in [6, 6.07) is 13.7. The van der Waals surface area contributed by atoms with Crippen LogP contribution in [0.3, 0.4) is 0 Å². The number of anilines is 1. The molecule has 152 valence electrons. The van der Waals surface area contributed by atoms with Crippen molar-refractivity contribution in [3.05, 3.63) is 57.7 Å². The number of hydrogen-bond donors (Lipinski definition) is 1. The molecule has 1 amide bonds. The Morgan fingerprint density at radius 3 is 2.07 bits per heavy atom. The fraction of sp³-hybridized carbons (Fsp3) is 0.381. The van der Waals surface area contributed by atoms with E-state index in [2.05, 4.69) is 41.8 Å². The third-order valence-corrected chi connectivity index (χ3v) is 7.24. The molecule has 0 aromatic heterocycles. The van der Waals surface area contributed by atoms with Crippen LogP contribution in [0.1, 0.15) is 49.9 Å². The van der Waals surface area contributed by atoms with Crippen molar-refractivity contribution in [2.75, 3.05) is 18.4 Å². The lowest BCUT2D eigenvalue weighted by molar-refractivity contribution is 0.102. The van der Waals surface area contributed by atoms with E-state index in [1.54, 1.807) is 34.6 Å². The van der Waals surface area contributed by atoms with Gasteiger partial charge >= 0.3 is 0 Å². The van der Waals surface area contributed by atoms with Crippen molar-refractivity contribution in [1.29, 1.82) is 0 Å². The second kappa shape index (κ2) is 10.9. The van der Waals surface area contributed by atoms with Crippen LogP contribution in [0, 0.1) is 3.57 Å². The summed E-state index contributed by atoms with van der Waals surface area (Å²) in [5.41, 5.74) is 1.15. The van der Waals surface area contributed by atoms with Crippen LogP contribution in [0.15, 0.2) is 53.4 Å². The molecule has 0 atom stereocenters. The number of halogens is 1. The molecule has 28 heavy (non-hydrogen) atoms. The molecular weight excluding hydrogens is 487 g/mol. The average Bonchev–Trinajstić information content (AvgIpc) is 2.68. The van der Waals surface area contributed by atoms with Crippen LogP contribution in [0.5, 0.6) is 0 Å². The Kier molecular flexibility index (Phi) is 8.91. The molecule has 5 nitrogen and oxygen atoms in total. The van der Waals surface area contributed by atoms with E-state index in [0.717, 1.165) is 29.3 Å². The van der Waals surface area contributed by atoms with Crippen LogP contribution < -0.4 is 5.32 Å². The molecule has 2 rings (SSSR count). The van der Waals surface area contributed by atoms with E-state index in [1.807, 2.05) is 18.2 Å². The highest BCUT2D eigenvalue weighted by Gasteiger charge is 2.23. The maximum absolute atomic E-state index is 13.0. The first-order valence-electron chi connectivity index (χ1n) is 9.56. The van der Waals surface area contributed by atoms with Crippen molar-refractivity contribution in [3.8, 4) is 0 Å². The average molecular weight is 514 g/mol. The fourth-order valence-corrected chi connectivity index (χ4v) is 4.87. The quantitative estimate of drug-likeness (QED) is 0.447.